The van der Waals surface area contributed by atoms with Gasteiger partial charge in [-0.05, 0) is 24.3 Å². The molecular weight excluding hydrogens is 438 g/mol. The number of methoxy groups -OCH3 is 2. The average Bonchev–Trinajstić information content (AvgIpc) is 3.24. The number of anilines is 1. The number of hydrogen-bond donors (Lipinski definition) is 0. The van der Waals surface area contributed by atoms with Crippen molar-refractivity contribution in [2.24, 2.45) is 0 Å². The predicted octanol–water partition coefficient (Wildman–Crippen LogP) is 2.44. The number of hydrogen-bond acceptors (Lipinski definition) is 8. The third-order valence-electron chi connectivity index (χ3n) is 5.22. The van der Waals surface area contributed by atoms with E-state index in [1.54, 1.807) is 37.3 Å². The molecule has 0 N–H and O–H groups in total. The zero-order valence-electron chi connectivity index (χ0n) is 17.3. The summed E-state index contributed by atoms with van der Waals surface area (Å²) in [4.78, 5) is 21.2. The van der Waals surface area contributed by atoms with Crippen LogP contribution in [0.2, 0.25) is 0 Å². The van der Waals surface area contributed by atoms with Gasteiger partial charge in [0, 0.05) is 26.2 Å². The number of fused-ring (bicyclic) bond motifs is 1. The van der Waals surface area contributed by atoms with Crippen LogP contribution in [0.1, 0.15) is 0 Å². The summed E-state index contributed by atoms with van der Waals surface area (Å²) in [5.74, 6) is 0.515. The lowest BCUT2D eigenvalue weighted by atomic mass is 10.3. The van der Waals surface area contributed by atoms with Crippen molar-refractivity contribution in [1.29, 1.82) is 0 Å². The molecule has 1 aliphatic heterocycles. The first-order valence-electron chi connectivity index (χ1n) is 9.75. The fourth-order valence-electron chi connectivity index (χ4n) is 3.52. The van der Waals surface area contributed by atoms with E-state index >= 15 is 0 Å². The molecule has 164 valence electrons. The van der Waals surface area contributed by atoms with Crippen LogP contribution >= 0.6 is 11.3 Å². The molecule has 0 atom stereocenters. The first kappa shape index (κ1) is 21.4. The quantitative estimate of drug-likeness (QED) is 0.557. The summed E-state index contributed by atoms with van der Waals surface area (Å²) in [6.07, 6.45) is 0. The molecule has 0 unspecified atom stereocenters. The van der Waals surface area contributed by atoms with E-state index in [1.807, 2.05) is 12.1 Å². The number of benzene rings is 2. The topological polar surface area (TPSA) is 89.0 Å². The maximum atomic E-state index is 12.6. The van der Waals surface area contributed by atoms with Gasteiger partial charge in [0.05, 0.1) is 19.1 Å². The largest absolute Gasteiger partial charge is 0.495 e. The van der Waals surface area contributed by atoms with Gasteiger partial charge in [0.1, 0.15) is 27.5 Å². The maximum Gasteiger partial charge on any atom is 0.238 e. The Morgan fingerprint density at radius 3 is 2.29 bits per heavy atom. The first-order chi connectivity index (χ1) is 14.9. The van der Waals surface area contributed by atoms with Crippen LogP contribution in [0.4, 0.5) is 5.13 Å². The van der Waals surface area contributed by atoms with Crippen LogP contribution in [0.5, 0.6) is 11.5 Å². The van der Waals surface area contributed by atoms with Crippen molar-refractivity contribution in [3.63, 3.8) is 0 Å². The lowest BCUT2D eigenvalue weighted by Gasteiger charge is -2.34. The lowest BCUT2D eigenvalue weighted by Crippen LogP contribution is -2.50. The smallest absolute Gasteiger partial charge is 0.238 e. The zero-order valence-corrected chi connectivity index (χ0v) is 18.9. The molecule has 0 saturated carbocycles. The Hall–Kier alpha value is -2.85. The molecule has 0 aliphatic carbocycles. The van der Waals surface area contributed by atoms with E-state index in [1.165, 1.54) is 23.5 Å². The molecular formula is C21H23N3O5S2. The Labute approximate surface area is 184 Å². The number of carbonyl (C=O) groups excluding carboxylic acids is 1. The molecule has 0 radical (unpaired) electrons. The average molecular weight is 462 g/mol. The molecule has 8 nitrogen and oxygen atoms in total. The molecule has 31 heavy (non-hydrogen) atoms. The van der Waals surface area contributed by atoms with Gasteiger partial charge < -0.3 is 19.3 Å². The minimum atomic E-state index is -3.65. The minimum absolute atomic E-state index is 0.166. The Balaban J connectivity index is 1.45. The highest BCUT2D eigenvalue weighted by atomic mass is 32.2. The molecule has 1 fully saturated rings. The first-order valence-corrected chi connectivity index (χ1v) is 12.2. The Morgan fingerprint density at radius 2 is 1.65 bits per heavy atom. The second-order valence-corrected chi connectivity index (χ2v) is 10.1. The van der Waals surface area contributed by atoms with E-state index in [0.717, 1.165) is 21.1 Å². The van der Waals surface area contributed by atoms with Gasteiger partial charge in [0.2, 0.25) is 5.91 Å². The summed E-state index contributed by atoms with van der Waals surface area (Å²) in [6.45, 7) is 2.02. The van der Waals surface area contributed by atoms with Crippen LogP contribution < -0.4 is 14.4 Å². The summed E-state index contributed by atoms with van der Waals surface area (Å²) in [7, 11) is -0.425. The van der Waals surface area contributed by atoms with Crippen LogP contribution in [-0.4, -0.2) is 70.4 Å². The predicted molar refractivity (Wildman–Crippen MR) is 120 cm³/mol. The van der Waals surface area contributed by atoms with Crippen molar-refractivity contribution in [1.82, 2.24) is 9.88 Å². The molecule has 1 saturated heterocycles. The van der Waals surface area contributed by atoms with Crippen LogP contribution in [0, 0.1) is 0 Å². The second kappa shape index (κ2) is 8.72. The Morgan fingerprint density at radius 1 is 1.00 bits per heavy atom. The van der Waals surface area contributed by atoms with Crippen LogP contribution in [0.25, 0.3) is 10.2 Å². The number of amides is 1. The van der Waals surface area contributed by atoms with E-state index in [-0.39, 0.29) is 10.8 Å². The Kier molecular flexibility index (Phi) is 6.01. The van der Waals surface area contributed by atoms with E-state index < -0.39 is 15.6 Å². The summed E-state index contributed by atoms with van der Waals surface area (Å²) < 4.78 is 36.8. The van der Waals surface area contributed by atoms with Gasteiger partial charge in [-0.2, -0.15) is 0 Å². The van der Waals surface area contributed by atoms with Crippen molar-refractivity contribution in [2.45, 2.75) is 4.90 Å². The van der Waals surface area contributed by atoms with E-state index in [4.69, 9.17) is 14.5 Å². The number of aromatic nitrogens is 1. The molecule has 0 bridgehead atoms. The zero-order chi connectivity index (χ0) is 22.0. The second-order valence-electron chi connectivity index (χ2n) is 7.08. The molecule has 3 aromatic rings. The monoisotopic (exact) mass is 461 g/mol. The summed E-state index contributed by atoms with van der Waals surface area (Å²) in [5, 5.41) is 0.821. The number of ether oxygens (including phenoxy) is 2. The lowest BCUT2D eigenvalue weighted by molar-refractivity contribution is -0.128. The van der Waals surface area contributed by atoms with Gasteiger partial charge in [-0.3, -0.25) is 4.79 Å². The maximum absolute atomic E-state index is 12.6. The van der Waals surface area contributed by atoms with E-state index in [2.05, 4.69) is 4.90 Å². The van der Waals surface area contributed by atoms with Gasteiger partial charge in [-0.15, -0.1) is 0 Å². The molecule has 2 aromatic carbocycles. The van der Waals surface area contributed by atoms with Gasteiger partial charge in [-0.25, -0.2) is 13.4 Å². The third-order valence-corrected chi connectivity index (χ3v) is 7.97. The normalized spacial score (nSPS) is 14.6. The van der Waals surface area contributed by atoms with Gasteiger partial charge in [0.15, 0.2) is 15.0 Å². The van der Waals surface area contributed by atoms with Gasteiger partial charge in [0.25, 0.3) is 0 Å². The Bertz CT molecular complexity index is 1150. The van der Waals surface area contributed by atoms with Crippen LogP contribution in [0.3, 0.4) is 0 Å². The van der Waals surface area contributed by atoms with Crippen LogP contribution in [0.15, 0.2) is 47.4 Å². The molecule has 0 spiro atoms. The molecule has 2 heterocycles. The van der Waals surface area contributed by atoms with Crippen molar-refractivity contribution in [3.05, 3.63) is 42.5 Å². The number of rotatable bonds is 6. The third kappa shape index (κ3) is 4.31. The van der Waals surface area contributed by atoms with Crippen molar-refractivity contribution in [2.75, 3.05) is 51.1 Å². The number of carbonyl (C=O) groups is 1. The molecule has 1 aromatic heterocycles. The van der Waals surface area contributed by atoms with E-state index in [9.17, 15) is 13.2 Å². The fourth-order valence-corrected chi connectivity index (χ4v) is 5.89. The van der Waals surface area contributed by atoms with E-state index in [0.29, 0.717) is 31.9 Å². The van der Waals surface area contributed by atoms with Gasteiger partial charge >= 0.3 is 0 Å². The number of thiazole rings is 1. The summed E-state index contributed by atoms with van der Waals surface area (Å²) in [6, 6.07) is 11.7. The highest BCUT2D eigenvalue weighted by Crippen LogP contribution is 2.40. The summed E-state index contributed by atoms with van der Waals surface area (Å²) in [5.41, 5.74) is 0.745. The molecule has 4 rings (SSSR count). The molecule has 1 aliphatic rings. The highest BCUT2D eigenvalue weighted by Gasteiger charge is 2.28. The number of sulfone groups is 1. The number of nitrogens with zero attached hydrogens (tertiary/aromatic N) is 3. The van der Waals surface area contributed by atoms with Crippen molar-refractivity contribution in [3.8, 4) is 11.5 Å². The highest BCUT2D eigenvalue weighted by molar-refractivity contribution is 7.92. The molecule has 10 heteroatoms. The standard InChI is InChI=1S/C21H23N3O5S2/c1-28-16-8-9-17(29-2)20-19(16)22-21(30-20)24-12-10-23(11-13-24)18(25)14-31(26,27)15-6-4-3-5-7-15/h3-9H,10-14H2,1-2H3. The number of piperazine rings is 1. The van der Waals surface area contributed by atoms with Crippen molar-refractivity contribution >= 4 is 42.4 Å². The SMILES string of the molecule is COc1ccc(OC)c2sc(N3CCN(C(=O)CS(=O)(=O)c4ccccc4)CC3)nc12. The van der Waals surface area contributed by atoms with Gasteiger partial charge in [-0.1, -0.05) is 29.5 Å². The summed E-state index contributed by atoms with van der Waals surface area (Å²) >= 11 is 1.51. The minimum Gasteiger partial charge on any atom is -0.495 e. The fraction of sp³-hybridized carbons (Fsp3) is 0.333. The molecule has 1 amide bonds. The van der Waals surface area contributed by atoms with Crippen molar-refractivity contribution < 1.29 is 22.7 Å². The van der Waals surface area contributed by atoms with Crippen LogP contribution in [-0.2, 0) is 14.6 Å².